The molecule has 0 unspecified atom stereocenters. The normalized spacial score (nSPS) is 10.6. The fourth-order valence-electron chi connectivity index (χ4n) is 2.01. The predicted octanol–water partition coefficient (Wildman–Crippen LogP) is 3.15. The summed E-state index contributed by atoms with van der Waals surface area (Å²) in [7, 11) is 0. The van der Waals surface area contributed by atoms with Crippen LogP contribution in [0.1, 0.15) is 28.1 Å². The van der Waals surface area contributed by atoms with Crippen molar-refractivity contribution in [2.45, 2.75) is 33.1 Å². The zero-order valence-corrected chi connectivity index (χ0v) is 13.4. The summed E-state index contributed by atoms with van der Waals surface area (Å²) in [5.74, 6) is 2.07. The van der Waals surface area contributed by atoms with Crippen molar-refractivity contribution in [2.75, 3.05) is 5.75 Å². The highest BCUT2D eigenvalue weighted by molar-refractivity contribution is 7.99. The van der Waals surface area contributed by atoms with E-state index in [1.54, 1.807) is 11.8 Å². The lowest BCUT2D eigenvalue weighted by Crippen LogP contribution is -2.25. The average molecular weight is 304 g/mol. The Bertz CT molecular complexity index is 603. The first-order valence-corrected chi connectivity index (χ1v) is 8.04. The Balaban J connectivity index is 1.74. The maximum atomic E-state index is 11.9. The Morgan fingerprint density at radius 2 is 2.05 bits per heavy atom. The van der Waals surface area contributed by atoms with Gasteiger partial charge in [-0.15, -0.1) is 11.8 Å². The fourth-order valence-corrected chi connectivity index (χ4v) is 3.01. The first kappa shape index (κ1) is 15.6. The van der Waals surface area contributed by atoms with E-state index >= 15 is 0 Å². The summed E-state index contributed by atoms with van der Waals surface area (Å²) >= 11 is 1.57. The Kier molecular flexibility index (Phi) is 5.44. The van der Waals surface area contributed by atoms with Crippen LogP contribution in [-0.4, -0.2) is 16.8 Å². The van der Waals surface area contributed by atoms with Crippen LogP contribution in [0.25, 0.3) is 0 Å². The van der Waals surface area contributed by atoms with Crippen LogP contribution in [0.15, 0.2) is 28.8 Å². The minimum Gasteiger partial charge on any atom is -0.361 e. The molecular formula is C16H20N2O2S. The van der Waals surface area contributed by atoms with Gasteiger partial charge in [-0.2, -0.15) is 0 Å². The van der Waals surface area contributed by atoms with Crippen molar-refractivity contribution < 1.29 is 9.32 Å². The molecule has 1 aromatic heterocycles. The standard InChI is InChI=1S/C16H20N2O2S/c1-11-6-4-5-7-14(11)8-17-16(19)10-21-9-15-12(2)18-20-13(15)3/h4-7H,8-10H2,1-3H3,(H,17,19). The number of rotatable bonds is 6. The van der Waals surface area contributed by atoms with Crippen LogP contribution in [0, 0.1) is 20.8 Å². The van der Waals surface area contributed by atoms with Crippen LogP contribution in [0.2, 0.25) is 0 Å². The molecule has 112 valence electrons. The molecule has 0 radical (unpaired) electrons. The smallest absolute Gasteiger partial charge is 0.230 e. The molecule has 1 amide bonds. The molecule has 0 aliphatic rings. The number of hydrogen-bond donors (Lipinski definition) is 1. The van der Waals surface area contributed by atoms with E-state index in [-0.39, 0.29) is 5.91 Å². The number of hydrogen-bond acceptors (Lipinski definition) is 4. The SMILES string of the molecule is Cc1ccccc1CNC(=O)CSCc1c(C)noc1C. The maximum absolute atomic E-state index is 11.9. The number of thioether (sulfide) groups is 1. The van der Waals surface area contributed by atoms with Gasteiger partial charge in [0.05, 0.1) is 11.4 Å². The Morgan fingerprint density at radius 3 is 2.71 bits per heavy atom. The molecule has 0 spiro atoms. The second kappa shape index (κ2) is 7.31. The van der Waals surface area contributed by atoms with Gasteiger partial charge in [-0.1, -0.05) is 29.4 Å². The molecule has 0 saturated carbocycles. The average Bonchev–Trinajstić information content (AvgIpc) is 2.78. The number of nitrogens with zero attached hydrogens (tertiary/aromatic N) is 1. The highest BCUT2D eigenvalue weighted by atomic mass is 32.2. The van der Waals surface area contributed by atoms with Crippen LogP contribution < -0.4 is 5.32 Å². The Hall–Kier alpha value is -1.75. The van der Waals surface area contributed by atoms with Crippen LogP contribution >= 0.6 is 11.8 Å². The molecule has 0 aliphatic carbocycles. The lowest BCUT2D eigenvalue weighted by molar-refractivity contribution is -0.118. The number of aromatic nitrogens is 1. The van der Waals surface area contributed by atoms with E-state index in [1.807, 2.05) is 45.0 Å². The highest BCUT2D eigenvalue weighted by Crippen LogP contribution is 2.19. The summed E-state index contributed by atoms with van der Waals surface area (Å²) in [6, 6.07) is 8.07. The molecule has 21 heavy (non-hydrogen) atoms. The molecule has 0 saturated heterocycles. The van der Waals surface area contributed by atoms with Crippen molar-refractivity contribution in [3.05, 3.63) is 52.4 Å². The molecule has 0 fully saturated rings. The van der Waals surface area contributed by atoms with E-state index in [0.717, 1.165) is 28.3 Å². The van der Waals surface area contributed by atoms with Gasteiger partial charge in [0.1, 0.15) is 5.76 Å². The van der Waals surface area contributed by atoms with E-state index in [0.29, 0.717) is 12.3 Å². The van der Waals surface area contributed by atoms with Gasteiger partial charge < -0.3 is 9.84 Å². The predicted molar refractivity (Wildman–Crippen MR) is 85.2 cm³/mol. The highest BCUT2D eigenvalue weighted by Gasteiger charge is 2.10. The number of benzene rings is 1. The third-order valence-corrected chi connectivity index (χ3v) is 4.36. The second-order valence-corrected chi connectivity index (χ2v) is 5.98. The zero-order valence-electron chi connectivity index (χ0n) is 12.6. The molecule has 0 atom stereocenters. The number of carbonyl (C=O) groups excluding carboxylic acids is 1. The number of nitrogens with one attached hydrogen (secondary N) is 1. The summed E-state index contributed by atoms with van der Waals surface area (Å²) in [4.78, 5) is 11.9. The molecule has 1 heterocycles. The molecular weight excluding hydrogens is 284 g/mol. The molecule has 2 rings (SSSR count). The zero-order chi connectivity index (χ0) is 15.2. The summed E-state index contributed by atoms with van der Waals surface area (Å²) < 4.78 is 5.11. The van der Waals surface area contributed by atoms with E-state index in [9.17, 15) is 4.79 Å². The third kappa shape index (κ3) is 4.36. The topological polar surface area (TPSA) is 55.1 Å². The van der Waals surface area contributed by atoms with Gasteiger partial charge in [0.15, 0.2) is 0 Å². The van der Waals surface area contributed by atoms with Gasteiger partial charge in [0, 0.05) is 17.9 Å². The third-order valence-electron chi connectivity index (χ3n) is 3.40. The molecule has 0 bridgehead atoms. The van der Waals surface area contributed by atoms with Crippen LogP contribution in [0.4, 0.5) is 0 Å². The molecule has 0 aliphatic heterocycles. The minimum atomic E-state index is 0.0509. The van der Waals surface area contributed by atoms with Crippen molar-refractivity contribution in [1.82, 2.24) is 10.5 Å². The summed E-state index contributed by atoms with van der Waals surface area (Å²) in [6.45, 7) is 6.45. The maximum Gasteiger partial charge on any atom is 0.230 e. The summed E-state index contributed by atoms with van der Waals surface area (Å²) in [5.41, 5.74) is 4.34. The van der Waals surface area contributed by atoms with Crippen molar-refractivity contribution in [1.29, 1.82) is 0 Å². The van der Waals surface area contributed by atoms with E-state index in [4.69, 9.17) is 4.52 Å². The van der Waals surface area contributed by atoms with Gasteiger partial charge >= 0.3 is 0 Å². The largest absolute Gasteiger partial charge is 0.361 e. The fraction of sp³-hybridized carbons (Fsp3) is 0.375. The van der Waals surface area contributed by atoms with Crippen molar-refractivity contribution in [3.8, 4) is 0 Å². The number of carbonyl (C=O) groups is 1. The lowest BCUT2D eigenvalue weighted by atomic mass is 10.1. The van der Waals surface area contributed by atoms with Crippen molar-refractivity contribution in [2.24, 2.45) is 0 Å². The van der Waals surface area contributed by atoms with Gasteiger partial charge in [-0.25, -0.2) is 0 Å². The quantitative estimate of drug-likeness (QED) is 0.890. The first-order valence-electron chi connectivity index (χ1n) is 6.88. The van der Waals surface area contributed by atoms with Gasteiger partial charge in [-0.3, -0.25) is 4.79 Å². The molecule has 2 aromatic rings. The summed E-state index contributed by atoms with van der Waals surface area (Å²) in [5, 5.41) is 6.86. The van der Waals surface area contributed by atoms with Gasteiger partial charge in [0.2, 0.25) is 5.91 Å². The van der Waals surface area contributed by atoms with Crippen molar-refractivity contribution >= 4 is 17.7 Å². The number of amides is 1. The van der Waals surface area contributed by atoms with Gasteiger partial charge in [0.25, 0.3) is 0 Å². The minimum absolute atomic E-state index is 0.0509. The first-order chi connectivity index (χ1) is 10.1. The lowest BCUT2D eigenvalue weighted by Gasteiger charge is -2.07. The molecule has 4 nitrogen and oxygen atoms in total. The van der Waals surface area contributed by atoms with E-state index in [2.05, 4.69) is 10.5 Å². The van der Waals surface area contributed by atoms with Crippen LogP contribution in [-0.2, 0) is 17.1 Å². The Morgan fingerprint density at radius 1 is 1.29 bits per heavy atom. The monoisotopic (exact) mass is 304 g/mol. The summed E-state index contributed by atoms with van der Waals surface area (Å²) in [6.07, 6.45) is 0. The van der Waals surface area contributed by atoms with Crippen molar-refractivity contribution in [3.63, 3.8) is 0 Å². The van der Waals surface area contributed by atoms with Gasteiger partial charge in [-0.05, 0) is 31.9 Å². The second-order valence-electron chi connectivity index (χ2n) is 5.00. The number of aryl methyl sites for hydroxylation is 3. The van der Waals surface area contributed by atoms with E-state index in [1.165, 1.54) is 5.56 Å². The van der Waals surface area contributed by atoms with E-state index < -0.39 is 0 Å². The molecule has 1 N–H and O–H groups in total. The molecule has 5 heteroatoms. The van der Waals surface area contributed by atoms with Crippen LogP contribution in [0.3, 0.4) is 0 Å². The Labute approximate surface area is 129 Å². The molecule has 1 aromatic carbocycles. The van der Waals surface area contributed by atoms with Crippen LogP contribution in [0.5, 0.6) is 0 Å².